The predicted molar refractivity (Wildman–Crippen MR) is 23.0 cm³/mol. The van der Waals surface area contributed by atoms with Crippen LogP contribution in [0.3, 0.4) is 0 Å². The molecular formula is C5H6O. The maximum Gasteiger partial charge on any atom is 0.0758 e. The van der Waals surface area contributed by atoms with Gasteiger partial charge < -0.3 is 5.11 Å². The van der Waals surface area contributed by atoms with Gasteiger partial charge in [0.15, 0.2) is 0 Å². The van der Waals surface area contributed by atoms with Crippen molar-refractivity contribution < 1.29 is 5.11 Å². The minimum Gasteiger partial charge on any atom is -0.391 e. The van der Waals surface area contributed by atoms with Gasteiger partial charge in [-0.3, -0.25) is 0 Å². The quantitative estimate of drug-likeness (QED) is 0.412. The van der Waals surface area contributed by atoms with Crippen molar-refractivity contribution in [3.05, 3.63) is 0 Å². The number of aliphatic hydroxyl groups is 1. The molecule has 1 nitrogen and oxygen atoms in total. The Hall–Kier alpha value is -0.480. The first-order valence-corrected chi connectivity index (χ1v) is 2.03. The molecule has 0 heterocycles. The van der Waals surface area contributed by atoms with Crippen LogP contribution in [0.2, 0.25) is 0 Å². The fourth-order valence-electron chi connectivity index (χ4n) is 0.452. The molecule has 1 N–H and O–H groups in total. The fraction of sp³-hybridized carbons (Fsp3) is 0.600. The number of aliphatic hydroxyl groups excluding tert-OH is 1. The molecule has 0 aromatic rings. The minimum absolute atomic E-state index is 0.176. The molecule has 1 rings (SSSR count). The Balaban J connectivity index is 2.37. The molecule has 0 fully saturated rings. The van der Waals surface area contributed by atoms with Crippen LogP contribution in [0.25, 0.3) is 0 Å². The molecule has 0 radical (unpaired) electrons. The van der Waals surface area contributed by atoms with E-state index < -0.39 is 0 Å². The van der Waals surface area contributed by atoms with Gasteiger partial charge in [-0.2, -0.15) is 0 Å². The van der Waals surface area contributed by atoms with E-state index in [1.807, 2.05) is 0 Å². The van der Waals surface area contributed by atoms with Gasteiger partial charge in [0.25, 0.3) is 0 Å². The SMILES string of the molecule is OC1CC#CC1. The summed E-state index contributed by atoms with van der Waals surface area (Å²) in [5.41, 5.74) is 0. The first-order chi connectivity index (χ1) is 2.89. The second-order valence-corrected chi connectivity index (χ2v) is 1.42. The van der Waals surface area contributed by atoms with E-state index in [0.29, 0.717) is 12.8 Å². The van der Waals surface area contributed by atoms with Crippen molar-refractivity contribution in [1.82, 2.24) is 0 Å². The van der Waals surface area contributed by atoms with Crippen molar-refractivity contribution in [3.8, 4) is 11.8 Å². The molecule has 0 aliphatic heterocycles. The Bertz CT molecular complexity index is 86.2. The molecular weight excluding hydrogens is 76.1 g/mol. The van der Waals surface area contributed by atoms with Gasteiger partial charge in [0.05, 0.1) is 6.10 Å². The Morgan fingerprint density at radius 1 is 1.33 bits per heavy atom. The second-order valence-electron chi connectivity index (χ2n) is 1.42. The van der Waals surface area contributed by atoms with Gasteiger partial charge in [-0.25, -0.2) is 0 Å². The molecule has 1 aliphatic rings. The van der Waals surface area contributed by atoms with E-state index in [1.165, 1.54) is 0 Å². The Morgan fingerprint density at radius 3 is 2.00 bits per heavy atom. The maximum absolute atomic E-state index is 8.60. The third kappa shape index (κ3) is 0.526. The van der Waals surface area contributed by atoms with Crippen LogP contribution in [0, 0.1) is 11.8 Å². The molecule has 0 saturated heterocycles. The summed E-state index contributed by atoms with van der Waals surface area (Å²) in [5.74, 6) is 5.54. The van der Waals surface area contributed by atoms with Crippen LogP contribution in [0.4, 0.5) is 0 Å². The van der Waals surface area contributed by atoms with E-state index in [0.717, 1.165) is 0 Å². The summed E-state index contributed by atoms with van der Waals surface area (Å²) in [4.78, 5) is 0. The van der Waals surface area contributed by atoms with Gasteiger partial charge in [0.2, 0.25) is 0 Å². The molecule has 0 bridgehead atoms. The monoisotopic (exact) mass is 82.0 g/mol. The molecule has 0 aromatic heterocycles. The van der Waals surface area contributed by atoms with Crippen molar-refractivity contribution >= 4 is 0 Å². The highest BCUT2D eigenvalue weighted by Crippen LogP contribution is 1.99. The molecule has 32 valence electrons. The van der Waals surface area contributed by atoms with Crippen LogP contribution in [0.1, 0.15) is 12.8 Å². The lowest BCUT2D eigenvalue weighted by atomic mass is 10.3. The van der Waals surface area contributed by atoms with E-state index in [1.54, 1.807) is 0 Å². The zero-order valence-electron chi connectivity index (χ0n) is 3.44. The van der Waals surface area contributed by atoms with Crippen LogP contribution in [0.15, 0.2) is 0 Å². The maximum atomic E-state index is 8.60. The summed E-state index contributed by atoms with van der Waals surface area (Å²) < 4.78 is 0. The zero-order valence-corrected chi connectivity index (χ0v) is 3.44. The van der Waals surface area contributed by atoms with Crippen molar-refractivity contribution in [1.29, 1.82) is 0 Å². The smallest absolute Gasteiger partial charge is 0.0758 e. The molecule has 0 unspecified atom stereocenters. The van der Waals surface area contributed by atoms with Gasteiger partial charge in [-0.05, 0) is 0 Å². The van der Waals surface area contributed by atoms with Gasteiger partial charge in [0, 0.05) is 12.8 Å². The highest BCUT2D eigenvalue weighted by molar-refractivity contribution is 5.08. The average Bonchev–Trinajstić information content (AvgIpc) is 1.86. The molecule has 0 saturated carbocycles. The normalized spacial score (nSPS) is 20.2. The van der Waals surface area contributed by atoms with Gasteiger partial charge in [-0.1, -0.05) is 0 Å². The Morgan fingerprint density at radius 2 is 1.83 bits per heavy atom. The van der Waals surface area contributed by atoms with Crippen LogP contribution in [0.5, 0.6) is 0 Å². The summed E-state index contributed by atoms with van der Waals surface area (Å²) >= 11 is 0. The number of hydrogen-bond acceptors (Lipinski definition) is 1. The van der Waals surface area contributed by atoms with Gasteiger partial charge in [-0.15, -0.1) is 11.8 Å². The summed E-state index contributed by atoms with van der Waals surface area (Å²) in [7, 11) is 0. The fourth-order valence-corrected chi connectivity index (χ4v) is 0.452. The molecule has 1 heteroatoms. The summed E-state index contributed by atoms with van der Waals surface area (Å²) in [6, 6.07) is 0. The lowest BCUT2D eigenvalue weighted by Crippen LogP contribution is -1.97. The van der Waals surface area contributed by atoms with E-state index in [-0.39, 0.29) is 6.10 Å². The van der Waals surface area contributed by atoms with Crippen molar-refractivity contribution in [2.45, 2.75) is 18.9 Å². The Kier molecular flexibility index (Phi) is 0.813. The van der Waals surface area contributed by atoms with E-state index >= 15 is 0 Å². The van der Waals surface area contributed by atoms with Gasteiger partial charge in [0.1, 0.15) is 0 Å². The van der Waals surface area contributed by atoms with Crippen molar-refractivity contribution in [2.75, 3.05) is 0 Å². The second kappa shape index (κ2) is 1.32. The molecule has 0 atom stereocenters. The number of hydrogen-bond donors (Lipinski definition) is 1. The first-order valence-electron chi connectivity index (χ1n) is 2.03. The molecule has 1 aliphatic carbocycles. The van der Waals surface area contributed by atoms with E-state index in [9.17, 15) is 0 Å². The third-order valence-corrected chi connectivity index (χ3v) is 0.800. The van der Waals surface area contributed by atoms with Crippen molar-refractivity contribution in [2.24, 2.45) is 0 Å². The summed E-state index contributed by atoms with van der Waals surface area (Å²) in [6.07, 6.45) is 1.19. The van der Waals surface area contributed by atoms with Crippen LogP contribution in [-0.2, 0) is 0 Å². The van der Waals surface area contributed by atoms with Gasteiger partial charge >= 0.3 is 0 Å². The molecule has 0 spiro atoms. The van der Waals surface area contributed by atoms with Crippen LogP contribution < -0.4 is 0 Å². The standard InChI is InChI=1S/C5H6O/c6-5-3-1-2-4-5/h5-6H,3-4H2. The largest absolute Gasteiger partial charge is 0.391 e. The first kappa shape index (κ1) is 3.70. The van der Waals surface area contributed by atoms with E-state index in [2.05, 4.69) is 11.8 Å². The Labute approximate surface area is 37.0 Å². The summed E-state index contributed by atoms with van der Waals surface area (Å²) in [5, 5.41) is 8.60. The van der Waals surface area contributed by atoms with Crippen LogP contribution >= 0.6 is 0 Å². The highest BCUT2D eigenvalue weighted by atomic mass is 16.3. The lowest BCUT2D eigenvalue weighted by molar-refractivity contribution is 0.191. The highest BCUT2D eigenvalue weighted by Gasteiger charge is 2.01. The average molecular weight is 82.1 g/mol. The lowest BCUT2D eigenvalue weighted by Gasteiger charge is -1.90. The molecule has 0 amide bonds. The third-order valence-electron chi connectivity index (χ3n) is 0.800. The predicted octanol–water partition coefficient (Wildman–Crippen LogP) is 0.144. The summed E-state index contributed by atoms with van der Waals surface area (Å²) in [6.45, 7) is 0. The minimum atomic E-state index is -0.176. The van der Waals surface area contributed by atoms with E-state index in [4.69, 9.17) is 5.11 Å². The topological polar surface area (TPSA) is 20.2 Å². The molecule has 0 aromatic carbocycles. The van der Waals surface area contributed by atoms with Crippen molar-refractivity contribution in [3.63, 3.8) is 0 Å². The zero-order chi connectivity index (χ0) is 4.41. The molecule has 6 heavy (non-hydrogen) atoms. The van der Waals surface area contributed by atoms with Crippen LogP contribution in [-0.4, -0.2) is 11.2 Å². The number of rotatable bonds is 0.